The summed E-state index contributed by atoms with van der Waals surface area (Å²) in [5, 5.41) is 14.6. The Morgan fingerprint density at radius 2 is 1.76 bits per heavy atom. The molecule has 8 heteroatoms. The summed E-state index contributed by atoms with van der Waals surface area (Å²) in [4.78, 5) is 23.1. The number of carbonyl (C=O) groups excluding carboxylic acids is 1. The first-order chi connectivity index (χ1) is 9.76. The second kappa shape index (κ2) is 7.73. The maximum absolute atomic E-state index is 11.9. The largest absolute Gasteiger partial charge is 0.480 e. The first-order valence-electron chi connectivity index (χ1n) is 6.21. The van der Waals surface area contributed by atoms with Gasteiger partial charge in [0, 0.05) is 5.02 Å². The van der Waals surface area contributed by atoms with Crippen molar-refractivity contribution in [2.75, 3.05) is 5.32 Å². The zero-order valence-electron chi connectivity index (χ0n) is 11.4. The van der Waals surface area contributed by atoms with E-state index in [1.165, 1.54) is 12.1 Å². The molecule has 1 aromatic rings. The van der Waals surface area contributed by atoms with Crippen LogP contribution >= 0.6 is 34.8 Å². The van der Waals surface area contributed by atoms with Crippen LogP contribution in [-0.2, 0) is 4.79 Å². The lowest BCUT2D eigenvalue weighted by atomic mass is 9.99. The molecule has 0 bridgehead atoms. The molecule has 0 unspecified atom stereocenters. The lowest BCUT2D eigenvalue weighted by Gasteiger charge is -2.20. The van der Waals surface area contributed by atoms with E-state index in [2.05, 4.69) is 10.6 Å². The molecular weight excluding hydrogens is 339 g/mol. The van der Waals surface area contributed by atoms with Crippen LogP contribution < -0.4 is 10.6 Å². The Balaban J connectivity index is 2.84. The van der Waals surface area contributed by atoms with Crippen molar-refractivity contribution >= 4 is 52.5 Å². The van der Waals surface area contributed by atoms with E-state index in [9.17, 15) is 9.59 Å². The Labute approximate surface area is 137 Å². The van der Waals surface area contributed by atoms with Gasteiger partial charge in [0.1, 0.15) is 6.04 Å². The lowest BCUT2D eigenvalue weighted by molar-refractivity contribution is -0.140. The van der Waals surface area contributed by atoms with Crippen molar-refractivity contribution in [1.29, 1.82) is 0 Å². The molecule has 2 amide bonds. The minimum atomic E-state index is -1.10. The predicted octanol–water partition coefficient (Wildman–Crippen LogP) is 4.27. The lowest BCUT2D eigenvalue weighted by Crippen LogP contribution is -2.46. The van der Waals surface area contributed by atoms with E-state index in [0.717, 1.165) is 0 Å². The summed E-state index contributed by atoms with van der Waals surface area (Å²) in [5.41, 5.74) is 0.175. The molecule has 21 heavy (non-hydrogen) atoms. The normalized spacial score (nSPS) is 13.4. The van der Waals surface area contributed by atoms with Crippen molar-refractivity contribution in [3.63, 3.8) is 0 Å². The van der Waals surface area contributed by atoms with E-state index in [1.54, 1.807) is 6.92 Å². The van der Waals surface area contributed by atoms with Crippen LogP contribution in [0, 0.1) is 5.92 Å². The monoisotopic (exact) mass is 352 g/mol. The molecule has 0 aliphatic carbocycles. The van der Waals surface area contributed by atoms with E-state index in [1.807, 2.05) is 6.92 Å². The molecule has 0 heterocycles. The Hall–Kier alpha value is -1.17. The number of hydrogen-bond acceptors (Lipinski definition) is 2. The third-order valence-electron chi connectivity index (χ3n) is 3.01. The molecule has 0 saturated carbocycles. The molecule has 0 aliphatic rings. The highest BCUT2D eigenvalue weighted by atomic mass is 35.5. The number of nitrogens with one attached hydrogen (secondary N) is 2. The Kier molecular flexibility index (Phi) is 6.58. The zero-order valence-corrected chi connectivity index (χ0v) is 13.7. The van der Waals surface area contributed by atoms with E-state index in [-0.39, 0.29) is 21.7 Å². The van der Waals surface area contributed by atoms with Crippen LogP contribution in [0.5, 0.6) is 0 Å². The topological polar surface area (TPSA) is 78.4 Å². The van der Waals surface area contributed by atoms with E-state index >= 15 is 0 Å². The SMILES string of the molecule is CC[C@H](C)[C@H](NC(=O)Nc1c(Cl)cc(Cl)cc1Cl)C(=O)O. The maximum Gasteiger partial charge on any atom is 0.326 e. The smallest absolute Gasteiger partial charge is 0.326 e. The van der Waals surface area contributed by atoms with Gasteiger partial charge in [0.05, 0.1) is 15.7 Å². The van der Waals surface area contributed by atoms with Gasteiger partial charge in [0.15, 0.2) is 0 Å². The number of anilines is 1. The number of hydrogen-bond donors (Lipinski definition) is 3. The predicted molar refractivity (Wildman–Crippen MR) is 84.5 cm³/mol. The number of benzene rings is 1. The van der Waals surface area contributed by atoms with E-state index < -0.39 is 18.0 Å². The third-order valence-corrected chi connectivity index (χ3v) is 3.83. The van der Waals surface area contributed by atoms with Gasteiger partial charge < -0.3 is 15.7 Å². The molecule has 1 rings (SSSR count). The first kappa shape index (κ1) is 17.9. The minimum absolute atomic E-state index is 0.165. The molecule has 0 radical (unpaired) electrons. The number of carboxylic acids is 1. The molecule has 0 saturated heterocycles. The van der Waals surface area contributed by atoms with Gasteiger partial charge in [-0.2, -0.15) is 0 Å². The van der Waals surface area contributed by atoms with Crippen molar-refractivity contribution in [3.8, 4) is 0 Å². The van der Waals surface area contributed by atoms with Crippen LogP contribution in [0.3, 0.4) is 0 Å². The van der Waals surface area contributed by atoms with Crippen LogP contribution in [0.15, 0.2) is 12.1 Å². The van der Waals surface area contributed by atoms with Gasteiger partial charge >= 0.3 is 12.0 Å². The molecule has 1 aromatic carbocycles. The zero-order chi connectivity index (χ0) is 16.2. The standard InChI is InChI=1S/C13H15Cl3N2O3/c1-3-6(2)10(12(19)20)17-13(21)18-11-8(15)4-7(14)5-9(11)16/h4-6,10H,3H2,1-2H3,(H,19,20)(H2,17,18,21)/t6-,10-/m0/s1. The number of carboxylic acid groups (broad SMARTS) is 1. The van der Waals surface area contributed by atoms with Gasteiger partial charge in [-0.1, -0.05) is 55.1 Å². The highest BCUT2D eigenvalue weighted by Gasteiger charge is 2.25. The fourth-order valence-corrected chi connectivity index (χ4v) is 2.55. The van der Waals surface area contributed by atoms with Gasteiger partial charge in [-0.15, -0.1) is 0 Å². The fraction of sp³-hybridized carbons (Fsp3) is 0.385. The quantitative estimate of drug-likeness (QED) is 0.739. The minimum Gasteiger partial charge on any atom is -0.480 e. The molecule has 2 atom stereocenters. The fourth-order valence-electron chi connectivity index (χ4n) is 1.64. The summed E-state index contributed by atoms with van der Waals surface area (Å²) in [6, 6.07) is 1.15. The first-order valence-corrected chi connectivity index (χ1v) is 7.34. The van der Waals surface area contributed by atoms with Crippen molar-refractivity contribution < 1.29 is 14.7 Å². The molecule has 116 valence electrons. The van der Waals surface area contributed by atoms with Crippen LogP contribution in [0.25, 0.3) is 0 Å². The summed E-state index contributed by atoms with van der Waals surface area (Å²) in [7, 11) is 0. The van der Waals surface area contributed by atoms with E-state index in [4.69, 9.17) is 39.9 Å². The molecular formula is C13H15Cl3N2O3. The third kappa shape index (κ3) is 4.95. The summed E-state index contributed by atoms with van der Waals surface area (Å²) in [6.45, 7) is 3.58. The van der Waals surface area contributed by atoms with Crippen molar-refractivity contribution in [2.45, 2.75) is 26.3 Å². The van der Waals surface area contributed by atoms with Crippen molar-refractivity contribution in [3.05, 3.63) is 27.2 Å². The molecule has 3 N–H and O–H groups in total. The molecule has 0 fully saturated rings. The number of rotatable bonds is 5. The average molecular weight is 354 g/mol. The summed E-state index contributed by atoms with van der Waals surface area (Å²) in [6.07, 6.45) is 0.611. The van der Waals surface area contributed by atoms with Crippen molar-refractivity contribution in [2.24, 2.45) is 5.92 Å². The highest BCUT2D eigenvalue weighted by Crippen LogP contribution is 2.33. The Morgan fingerprint density at radius 1 is 1.24 bits per heavy atom. The number of carbonyl (C=O) groups is 2. The second-order valence-corrected chi connectivity index (χ2v) is 5.80. The Bertz CT molecular complexity index is 528. The van der Waals surface area contributed by atoms with Gasteiger partial charge in [-0.3, -0.25) is 0 Å². The number of amides is 2. The Morgan fingerprint density at radius 3 is 2.19 bits per heavy atom. The number of halogens is 3. The molecule has 0 aliphatic heterocycles. The van der Waals surface area contributed by atoms with Gasteiger partial charge in [-0.05, 0) is 18.1 Å². The number of aliphatic carboxylic acids is 1. The maximum atomic E-state index is 11.9. The molecule has 5 nitrogen and oxygen atoms in total. The average Bonchev–Trinajstić information content (AvgIpc) is 2.39. The van der Waals surface area contributed by atoms with Crippen LogP contribution in [0.4, 0.5) is 10.5 Å². The highest BCUT2D eigenvalue weighted by molar-refractivity contribution is 6.42. The van der Waals surface area contributed by atoms with Gasteiger partial charge in [0.2, 0.25) is 0 Å². The van der Waals surface area contributed by atoms with Crippen LogP contribution in [0.2, 0.25) is 15.1 Å². The molecule has 0 aromatic heterocycles. The van der Waals surface area contributed by atoms with Gasteiger partial charge in [-0.25, -0.2) is 9.59 Å². The van der Waals surface area contributed by atoms with Crippen LogP contribution in [0.1, 0.15) is 20.3 Å². The van der Waals surface area contributed by atoms with Crippen LogP contribution in [-0.4, -0.2) is 23.1 Å². The molecule has 0 spiro atoms. The second-order valence-electron chi connectivity index (χ2n) is 4.54. The summed E-state index contributed by atoms with van der Waals surface area (Å²) < 4.78 is 0. The number of urea groups is 1. The summed E-state index contributed by atoms with van der Waals surface area (Å²) >= 11 is 17.7. The van der Waals surface area contributed by atoms with Gasteiger partial charge in [0.25, 0.3) is 0 Å². The summed E-state index contributed by atoms with van der Waals surface area (Å²) in [5.74, 6) is -1.32. The van der Waals surface area contributed by atoms with E-state index in [0.29, 0.717) is 11.4 Å². The van der Waals surface area contributed by atoms with Crippen molar-refractivity contribution in [1.82, 2.24) is 5.32 Å².